The second-order valence-corrected chi connectivity index (χ2v) is 7.51. The number of carbonyl (C=O) groups is 1. The lowest BCUT2D eigenvalue weighted by Crippen LogP contribution is -2.36. The highest BCUT2D eigenvalue weighted by atomic mass is 35.5. The van der Waals surface area contributed by atoms with E-state index in [0.29, 0.717) is 28.1 Å². The van der Waals surface area contributed by atoms with E-state index >= 15 is 0 Å². The highest BCUT2D eigenvalue weighted by Gasteiger charge is 2.18. The zero-order valence-electron chi connectivity index (χ0n) is 16.2. The molecule has 1 heterocycles. The van der Waals surface area contributed by atoms with Gasteiger partial charge in [-0.05, 0) is 68.0 Å². The van der Waals surface area contributed by atoms with E-state index < -0.39 is 6.10 Å². The number of nitrogens with one attached hydrogen (secondary N) is 1. The minimum absolute atomic E-state index is 0.119. The van der Waals surface area contributed by atoms with Crippen LogP contribution in [0.1, 0.15) is 36.8 Å². The summed E-state index contributed by atoms with van der Waals surface area (Å²) in [7, 11) is 0. The molecule has 1 amide bonds. The van der Waals surface area contributed by atoms with Gasteiger partial charge in [0.2, 0.25) is 11.7 Å². The van der Waals surface area contributed by atoms with Crippen LogP contribution in [-0.2, 0) is 24.2 Å². The third-order valence-corrected chi connectivity index (χ3v) is 5.33. The fourth-order valence-corrected chi connectivity index (χ4v) is 3.65. The molecular formula is C22H22ClN3O3. The summed E-state index contributed by atoms with van der Waals surface area (Å²) in [6.45, 7) is 1.84. The molecule has 7 heteroatoms. The molecule has 4 rings (SSSR count). The first-order valence-electron chi connectivity index (χ1n) is 9.74. The molecule has 0 aliphatic heterocycles. The normalized spacial score (nSPS) is 14.1. The van der Waals surface area contributed by atoms with Gasteiger partial charge in [0.15, 0.2) is 6.10 Å². The number of fused-ring (bicyclic) bond motifs is 1. The summed E-state index contributed by atoms with van der Waals surface area (Å²) in [6.07, 6.45) is 3.99. The number of halogens is 1. The molecule has 1 N–H and O–H groups in total. The van der Waals surface area contributed by atoms with Gasteiger partial charge in [0, 0.05) is 5.56 Å². The Morgan fingerprint density at radius 2 is 2.00 bits per heavy atom. The summed E-state index contributed by atoms with van der Waals surface area (Å²) in [5, 5.41) is 7.23. The Bertz CT molecular complexity index is 1020. The highest BCUT2D eigenvalue weighted by molar-refractivity contribution is 6.33. The highest BCUT2D eigenvalue weighted by Crippen LogP contribution is 2.26. The summed E-state index contributed by atoms with van der Waals surface area (Å²) in [6, 6.07) is 13.3. The largest absolute Gasteiger partial charge is 0.481 e. The predicted octanol–water partition coefficient (Wildman–Crippen LogP) is 4.35. The summed E-state index contributed by atoms with van der Waals surface area (Å²) < 4.78 is 11.0. The summed E-state index contributed by atoms with van der Waals surface area (Å²) in [5.74, 6) is 1.15. The summed E-state index contributed by atoms with van der Waals surface area (Å²) >= 11 is 6.15. The van der Waals surface area contributed by atoms with Crippen molar-refractivity contribution in [3.8, 4) is 17.1 Å². The van der Waals surface area contributed by atoms with E-state index in [0.717, 1.165) is 12.8 Å². The van der Waals surface area contributed by atoms with Crippen LogP contribution in [0.15, 0.2) is 47.0 Å². The van der Waals surface area contributed by atoms with E-state index in [9.17, 15) is 4.79 Å². The standard InChI is InChI=1S/C22H22ClN3O3/c1-14(28-17-11-10-15-6-2-3-7-16(15)12-17)22(27)24-13-20-25-21(26-29-20)18-8-4-5-9-19(18)23/h4-5,8-12,14H,2-3,6-7,13H2,1H3,(H,24,27)/t14-/m0/s1. The zero-order valence-corrected chi connectivity index (χ0v) is 16.9. The average Bonchev–Trinajstić information content (AvgIpc) is 3.21. The maximum Gasteiger partial charge on any atom is 0.261 e. The number of amides is 1. The first-order chi connectivity index (χ1) is 14.1. The quantitative estimate of drug-likeness (QED) is 0.652. The number of aromatic nitrogens is 2. The third-order valence-electron chi connectivity index (χ3n) is 5.00. The van der Waals surface area contributed by atoms with Crippen LogP contribution < -0.4 is 10.1 Å². The Balaban J connectivity index is 1.33. The monoisotopic (exact) mass is 411 g/mol. The van der Waals surface area contributed by atoms with Crippen molar-refractivity contribution in [1.29, 1.82) is 0 Å². The smallest absolute Gasteiger partial charge is 0.261 e. The number of carbonyl (C=O) groups excluding carboxylic acids is 1. The van der Waals surface area contributed by atoms with Gasteiger partial charge < -0.3 is 14.6 Å². The Hall–Kier alpha value is -2.86. The van der Waals surface area contributed by atoms with E-state index in [1.807, 2.05) is 30.3 Å². The van der Waals surface area contributed by atoms with E-state index in [2.05, 4.69) is 21.5 Å². The molecular weight excluding hydrogens is 390 g/mol. The van der Waals surface area contributed by atoms with Crippen molar-refractivity contribution < 1.29 is 14.1 Å². The van der Waals surface area contributed by atoms with Crippen molar-refractivity contribution >= 4 is 17.5 Å². The minimum Gasteiger partial charge on any atom is -0.481 e. The molecule has 0 spiro atoms. The van der Waals surface area contributed by atoms with Crippen molar-refractivity contribution in [3.63, 3.8) is 0 Å². The molecule has 1 aliphatic rings. The summed E-state index contributed by atoms with van der Waals surface area (Å²) in [4.78, 5) is 16.7. The first kappa shape index (κ1) is 19.5. The van der Waals surface area contributed by atoms with E-state index in [4.69, 9.17) is 20.9 Å². The molecule has 1 atom stereocenters. The Labute approximate surface area is 174 Å². The third kappa shape index (κ3) is 4.59. The molecule has 150 valence electrons. The maximum atomic E-state index is 12.4. The molecule has 1 aromatic heterocycles. The van der Waals surface area contributed by atoms with Gasteiger partial charge in [-0.15, -0.1) is 0 Å². The molecule has 29 heavy (non-hydrogen) atoms. The summed E-state index contributed by atoms with van der Waals surface area (Å²) in [5.41, 5.74) is 3.38. The molecule has 1 aliphatic carbocycles. The number of ether oxygens (including phenoxy) is 1. The van der Waals surface area contributed by atoms with Gasteiger partial charge in [-0.1, -0.05) is 35.0 Å². The topological polar surface area (TPSA) is 77.2 Å². The molecule has 2 aromatic carbocycles. The van der Waals surface area contributed by atoms with Crippen LogP contribution in [0.5, 0.6) is 5.75 Å². The van der Waals surface area contributed by atoms with Crippen molar-refractivity contribution in [2.75, 3.05) is 0 Å². The van der Waals surface area contributed by atoms with Crippen LogP contribution in [-0.4, -0.2) is 22.2 Å². The van der Waals surface area contributed by atoms with Crippen LogP contribution >= 0.6 is 11.6 Å². The Morgan fingerprint density at radius 1 is 1.21 bits per heavy atom. The maximum absolute atomic E-state index is 12.4. The van der Waals surface area contributed by atoms with Gasteiger partial charge in [0.25, 0.3) is 5.91 Å². The van der Waals surface area contributed by atoms with Gasteiger partial charge in [0.05, 0.1) is 11.6 Å². The first-order valence-corrected chi connectivity index (χ1v) is 10.1. The number of hydrogen-bond donors (Lipinski definition) is 1. The molecule has 0 saturated carbocycles. The fourth-order valence-electron chi connectivity index (χ4n) is 3.43. The molecule has 0 radical (unpaired) electrons. The van der Waals surface area contributed by atoms with Crippen LogP contribution in [0.25, 0.3) is 11.4 Å². The fraction of sp³-hybridized carbons (Fsp3) is 0.318. The van der Waals surface area contributed by atoms with Crippen molar-refractivity contribution in [2.45, 2.75) is 45.3 Å². The van der Waals surface area contributed by atoms with Crippen molar-refractivity contribution in [3.05, 3.63) is 64.5 Å². The lowest BCUT2D eigenvalue weighted by atomic mass is 9.92. The molecule has 3 aromatic rings. The molecule has 0 unspecified atom stereocenters. The molecule has 6 nitrogen and oxygen atoms in total. The average molecular weight is 412 g/mol. The van der Waals surface area contributed by atoms with Gasteiger partial charge in [0.1, 0.15) is 5.75 Å². The second kappa shape index (κ2) is 8.66. The molecule has 0 saturated heterocycles. The lowest BCUT2D eigenvalue weighted by molar-refractivity contribution is -0.127. The van der Waals surface area contributed by atoms with Gasteiger partial charge >= 0.3 is 0 Å². The number of hydrogen-bond acceptors (Lipinski definition) is 5. The van der Waals surface area contributed by atoms with Crippen LogP contribution in [0, 0.1) is 0 Å². The number of aryl methyl sites for hydroxylation is 2. The Kier molecular flexibility index (Phi) is 5.81. The van der Waals surface area contributed by atoms with Gasteiger partial charge in [-0.3, -0.25) is 4.79 Å². The Morgan fingerprint density at radius 3 is 2.83 bits per heavy atom. The van der Waals surface area contributed by atoms with Crippen LogP contribution in [0.4, 0.5) is 0 Å². The van der Waals surface area contributed by atoms with Crippen LogP contribution in [0.2, 0.25) is 5.02 Å². The number of benzene rings is 2. The van der Waals surface area contributed by atoms with Crippen molar-refractivity contribution in [1.82, 2.24) is 15.5 Å². The van der Waals surface area contributed by atoms with Crippen LogP contribution in [0.3, 0.4) is 0 Å². The number of nitrogens with zero attached hydrogens (tertiary/aromatic N) is 2. The molecule has 0 bridgehead atoms. The van der Waals surface area contributed by atoms with Crippen molar-refractivity contribution in [2.24, 2.45) is 0 Å². The zero-order chi connectivity index (χ0) is 20.2. The van der Waals surface area contributed by atoms with E-state index in [1.165, 1.54) is 24.0 Å². The van der Waals surface area contributed by atoms with Gasteiger partial charge in [-0.2, -0.15) is 4.98 Å². The van der Waals surface area contributed by atoms with Gasteiger partial charge in [-0.25, -0.2) is 0 Å². The lowest BCUT2D eigenvalue weighted by Gasteiger charge is -2.19. The second-order valence-electron chi connectivity index (χ2n) is 7.11. The minimum atomic E-state index is -0.636. The number of rotatable bonds is 6. The SMILES string of the molecule is C[C@H](Oc1ccc2c(c1)CCCC2)C(=O)NCc1nc(-c2ccccc2Cl)no1. The molecule has 0 fully saturated rings. The van der Waals surface area contributed by atoms with E-state index in [1.54, 1.807) is 13.0 Å². The predicted molar refractivity (Wildman–Crippen MR) is 110 cm³/mol. The van der Waals surface area contributed by atoms with E-state index in [-0.39, 0.29) is 12.5 Å².